The van der Waals surface area contributed by atoms with Gasteiger partial charge in [0.15, 0.2) is 17.3 Å². The molecule has 3 aromatic heterocycles. The molecular weight excluding hydrogens is 366 g/mol. The summed E-state index contributed by atoms with van der Waals surface area (Å²) in [5.74, 6) is 1.93. The van der Waals surface area contributed by atoms with Crippen molar-refractivity contribution in [3.63, 3.8) is 0 Å². The predicted molar refractivity (Wildman–Crippen MR) is 108 cm³/mol. The van der Waals surface area contributed by atoms with E-state index in [1.54, 1.807) is 9.20 Å². The van der Waals surface area contributed by atoms with Crippen LogP contribution in [-0.2, 0) is 11.2 Å². The largest absolute Gasteiger partial charge is 0.310 e. The van der Waals surface area contributed by atoms with Gasteiger partial charge in [-0.15, -0.1) is 15.3 Å². The van der Waals surface area contributed by atoms with Crippen LogP contribution in [0.15, 0.2) is 36.4 Å². The number of amides is 1. The normalized spacial score (nSPS) is 16.1. The quantitative estimate of drug-likeness (QED) is 0.584. The van der Waals surface area contributed by atoms with Gasteiger partial charge in [0.1, 0.15) is 5.82 Å². The summed E-state index contributed by atoms with van der Waals surface area (Å²) in [6.45, 7) is 5.96. The van der Waals surface area contributed by atoms with Gasteiger partial charge in [-0.25, -0.2) is 0 Å². The molecule has 0 aliphatic carbocycles. The second kappa shape index (κ2) is 6.51. The van der Waals surface area contributed by atoms with Gasteiger partial charge in [0.25, 0.3) is 0 Å². The molecule has 1 atom stereocenters. The Balaban J connectivity index is 1.65. The number of benzene rings is 1. The molecule has 8 nitrogen and oxygen atoms in total. The topological polar surface area (TPSA) is 90.0 Å². The minimum Gasteiger partial charge on any atom is -0.310 e. The highest BCUT2D eigenvalue weighted by Gasteiger charge is 2.33. The van der Waals surface area contributed by atoms with E-state index in [4.69, 9.17) is 5.10 Å². The summed E-state index contributed by atoms with van der Waals surface area (Å²) >= 11 is 0. The van der Waals surface area contributed by atoms with Gasteiger partial charge in [-0.3, -0.25) is 4.79 Å². The highest BCUT2D eigenvalue weighted by atomic mass is 16.1. The second-order valence-corrected chi connectivity index (χ2v) is 7.37. The zero-order chi connectivity index (χ0) is 20.1. The highest BCUT2D eigenvalue weighted by molar-refractivity contribution is 5.95. The van der Waals surface area contributed by atoms with Crippen LogP contribution in [0.5, 0.6) is 0 Å². The van der Waals surface area contributed by atoms with Crippen molar-refractivity contribution in [2.45, 2.75) is 39.5 Å². The number of hydrogen-bond donors (Lipinski definition) is 1. The molecule has 0 unspecified atom stereocenters. The fourth-order valence-electron chi connectivity index (χ4n) is 3.98. The molecule has 0 radical (unpaired) electrons. The lowest BCUT2D eigenvalue weighted by molar-refractivity contribution is -0.116. The minimum atomic E-state index is -0.0289. The van der Waals surface area contributed by atoms with Gasteiger partial charge in [0.2, 0.25) is 5.91 Å². The molecule has 1 aliphatic rings. The molecule has 1 aliphatic heterocycles. The summed E-state index contributed by atoms with van der Waals surface area (Å²) in [6, 6.07) is 12.2. The smallest absolute Gasteiger partial charge is 0.226 e. The van der Waals surface area contributed by atoms with Crippen LogP contribution >= 0.6 is 0 Å². The van der Waals surface area contributed by atoms with E-state index in [0.717, 1.165) is 23.2 Å². The van der Waals surface area contributed by atoms with E-state index in [1.807, 2.05) is 26.0 Å². The molecule has 0 spiro atoms. The Morgan fingerprint density at radius 2 is 1.86 bits per heavy atom. The lowest BCUT2D eigenvalue weighted by Gasteiger charge is -2.24. The van der Waals surface area contributed by atoms with Crippen LogP contribution in [0, 0.1) is 13.8 Å². The molecule has 1 N–H and O–H groups in total. The number of nitrogens with one attached hydrogen (secondary N) is 1. The van der Waals surface area contributed by atoms with Gasteiger partial charge < -0.3 is 5.32 Å². The summed E-state index contributed by atoms with van der Waals surface area (Å²) in [7, 11) is 0. The molecular formula is C21H21N7O. The first kappa shape index (κ1) is 17.5. The summed E-state index contributed by atoms with van der Waals surface area (Å²) in [4.78, 5) is 12.6. The van der Waals surface area contributed by atoms with Crippen molar-refractivity contribution in [1.82, 2.24) is 29.6 Å². The monoisotopic (exact) mass is 387 g/mol. The van der Waals surface area contributed by atoms with Crippen LogP contribution in [0.4, 0.5) is 5.82 Å². The van der Waals surface area contributed by atoms with Crippen molar-refractivity contribution in [2.24, 2.45) is 0 Å². The van der Waals surface area contributed by atoms with E-state index in [9.17, 15) is 4.79 Å². The molecule has 0 bridgehead atoms. The molecule has 0 fully saturated rings. The molecule has 4 heterocycles. The van der Waals surface area contributed by atoms with Crippen molar-refractivity contribution < 1.29 is 4.79 Å². The molecule has 4 aromatic rings. The van der Waals surface area contributed by atoms with E-state index in [1.165, 1.54) is 5.56 Å². The maximum atomic E-state index is 12.6. The van der Waals surface area contributed by atoms with Crippen LogP contribution in [0.2, 0.25) is 0 Å². The number of aromatic nitrogens is 6. The number of anilines is 1. The number of aryl methyl sites for hydroxylation is 3. The van der Waals surface area contributed by atoms with Crippen LogP contribution in [0.1, 0.15) is 47.5 Å². The molecule has 5 rings (SSSR count). The van der Waals surface area contributed by atoms with Gasteiger partial charge in [-0.05, 0) is 43.5 Å². The first-order chi connectivity index (χ1) is 14.0. The maximum absolute atomic E-state index is 12.6. The van der Waals surface area contributed by atoms with E-state index in [0.29, 0.717) is 29.5 Å². The Morgan fingerprint density at radius 1 is 1.07 bits per heavy atom. The number of fused-ring (bicyclic) bond motifs is 2. The van der Waals surface area contributed by atoms with Gasteiger partial charge in [0.05, 0.1) is 5.69 Å². The fraction of sp³-hybridized carbons (Fsp3) is 0.286. The van der Waals surface area contributed by atoms with Gasteiger partial charge in [-0.2, -0.15) is 14.3 Å². The maximum Gasteiger partial charge on any atom is 0.226 e. The Labute approximate surface area is 167 Å². The lowest BCUT2D eigenvalue weighted by Crippen LogP contribution is -2.25. The third-order valence-corrected chi connectivity index (χ3v) is 5.51. The number of carbonyl (C=O) groups excluding carboxylic acids is 1. The molecule has 8 heteroatoms. The van der Waals surface area contributed by atoms with E-state index >= 15 is 0 Å². The Bertz CT molecular complexity index is 1240. The standard InChI is InChI=1S/C21H21N7O/c1-4-14-5-7-15(8-6-14)16-11-19(29)22-21-20(16)12(2)25-28(21)18-10-9-17-24-23-13(3)27(17)26-18/h5-10,16H,4,11H2,1-3H3,(H,22,29)/t16-/m1/s1. The molecule has 1 amide bonds. The third-order valence-electron chi connectivity index (χ3n) is 5.51. The highest BCUT2D eigenvalue weighted by Crippen LogP contribution is 2.40. The van der Waals surface area contributed by atoms with E-state index in [-0.39, 0.29) is 11.8 Å². The van der Waals surface area contributed by atoms with Crippen LogP contribution in [-0.4, -0.2) is 35.5 Å². The first-order valence-corrected chi connectivity index (χ1v) is 9.72. The minimum absolute atomic E-state index is 0.0234. The predicted octanol–water partition coefficient (Wildman–Crippen LogP) is 2.96. The second-order valence-electron chi connectivity index (χ2n) is 7.37. The fourth-order valence-corrected chi connectivity index (χ4v) is 3.98. The zero-order valence-corrected chi connectivity index (χ0v) is 16.5. The van der Waals surface area contributed by atoms with E-state index in [2.05, 4.69) is 51.8 Å². The van der Waals surface area contributed by atoms with Gasteiger partial charge >= 0.3 is 0 Å². The molecule has 0 saturated heterocycles. The van der Waals surface area contributed by atoms with Crippen molar-refractivity contribution in [1.29, 1.82) is 0 Å². The SMILES string of the molecule is CCc1ccc([C@H]2CC(=O)Nc3c2c(C)nn3-c2ccc3nnc(C)n3n2)cc1. The van der Waals surface area contributed by atoms with Crippen molar-refractivity contribution in [2.75, 3.05) is 5.32 Å². The summed E-state index contributed by atoms with van der Waals surface area (Å²) in [5, 5.41) is 20.5. The average molecular weight is 387 g/mol. The summed E-state index contributed by atoms with van der Waals surface area (Å²) in [5.41, 5.74) is 4.99. The van der Waals surface area contributed by atoms with Crippen LogP contribution in [0.3, 0.4) is 0 Å². The van der Waals surface area contributed by atoms with Gasteiger partial charge in [-0.1, -0.05) is 31.2 Å². The van der Waals surface area contributed by atoms with Crippen molar-refractivity contribution in [3.8, 4) is 5.82 Å². The van der Waals surface area contributed by atoms with Crippen molar-refractivity contribution in [3.05, 3.63) is 64.6 Å². The first-order valence-electron chi connectivity index (χ1n) is 9.72. The van der Waals surface area contributed by atoms with E-state index < -0.39 is 0 Å². The Hall–Kier alpha value is -3.55. The van der Waals surface area contributed by atoms with Crippen molar-refractivity contribution >= 4 is 17.4 Å². The number of rotatable bonds is 3. The molecule has 1 aromatic carbocycles. The Morgan fingerprint density at radius 3 is 2.62 bits per heavy atom. The summed E-state index contributed by atoms with van der Waals surface area (Å²) < 4.78 is 3.37. The van der Waals surface area contributed by atoms with Gasteiger partial charge in [0, 0.05) is 17.9 Å². The average Bonchev–Trinajstić information content (AvgIpc) is 3.27. The number of carbonyl (C=O) groups is 1. The zero-order valence-electron chi connectivity index (χ0n) is 16.5. The third kappa shape index (κ3) is 2.79. The summed E-state index contributed by atoms with van der Waals surface area (Å²) in [6.07, 6.45) is 1.40. The molecule has 0 saturated carbocycles. The molecule has 146 valence electrons. The number of hydrogen-bond acceptors (Lipinski definition) is 5. The lowest BCUT2D eigenvalue weighted by atomic mass is 9.85. The van der Waals surface area contributed by atoms with Crippen LogP contribution < -0.4 is 5.32 Å². The number of nitrogens with zero attached hydrogens (tertiary/aromatic N) is 6. The molecule has 29 heavy (non-hydrogen) atoms. The van der Waals surface area contributed by atoms with Crippen LogP contribution in [0.25, 0.3) is 11.5 Å². The Kier molecular flexibility index (Phi) is 3.94.